The summed E-state index contributed by atoms with van der Waals surface area (Å²) in [5.41, 5.74) is 0.734. The molecule has 3 aliphatic rings. The van der Waals surface area contributed by atoms with Crippen molar-refractivity contribution in [1.82, 2.24) is 4.90 Å². The van der Waals surface area contributed by atoms with Crippen LogP contribution in [0, 0.1) is 11.3 Å². The van der Waals surface area contributed by atoms with Crippen molar-refractivity contribution in [2.24, 2.45) is 11.3 Å². The Hall–Kier alpha value is -3.06. The molecule has 0 radical (unpaired) electrons. The average molecular weight is 480 g/mol. The van der Waals surface area contributed by atoms with Gasteiger partial charge in [-0.3, -0.25) is 9.59 Å². The number of carboxylic acid groups (broad SMARTS) is 1. The minimum atomic E-state index is -0.831. The summed E-state index contributed by atoms with van der Waals surface area (Å²) in [5, 5.41) is 9.40. The SMILES string of the molecule is COc1ccccc1C(=O)N1CCC[C@]2(CO[C@H]3c4ccccc4O[C@](C)(CCC(=O)O)[C@@H]3C2)C1. The summed E-state index contributed by atoms with van der Waals surface area (Å²) in [7, 11) is 1.58. The number of carbonyl (C=O) groups is 2. The van der Waals surface area contributed by atoms with Crippen LogP contribution in [0.1, 0.15) is 61.1 Å². The summed E-state index contributed by atoms with van der Waals surface area (Å²) in [6, 6.07) is 15.2. The summed E-state index contributed by atoms with van der Waals surface area (Å²) in [6.07, 6.45) is 2.96. The van der Waals surface area contributed by atoms with E-state index in [1.165, 1.54) is 0 Å². The van der Waals surface area contributed by atoms with Gasteiger partial charge >= 0.3 is 5.97 Å². The monoisotopic (exact) mass is 479 g/mol. The number of hydrogen-bond acceptors (Lipinski definition) is 5. The molecule has 0 aliphatic carbocycles. The lowest BCUT2D eigenvalue weighted by atomic mass is 9.64. The third-order valence-corrected chi connectivity index (χ3v) is 8.06. The Kier molecular flexibility index (Phi) is 6.21. The molecule has 2 saturated heterocycles. The normalized spacial score (nSPS) is 29.6. The molecule has 4 atom stereocenters. The van der Waals surface area contributed by atoms with Crippen LogP contribution in [-0.4, -0.2) is 54.3 Å². The van der Waals surface area contributed by atoms with Crippen molar-refractivity contribution in [2.75, 3.05) is 26.8 Å². The summed E-state index contributed by atoms with van der Waals surface area (Å²) in [5.74, 6) is 0.488. The summed E-state index contributed by atoms with van der Waals surface area (Å²) in [6.45, 7) is 3.88. The number of ether oxygens (including phenoxy) is 3. The second kappa shape index (κ2) is 9.19. The highest BCUT2D eigenvalue weighted by molar-refractivity contribution is 5.97. The number of benzene rings is 2. The zero-order chi connectivity index (χ0) is 24.6. The first-order valence-electron chi connectivity index (χ1n) is 12.4. The number of fused-ring (bicyclic) bond motifs is 3. The number of rotatable bonds is 5. The molecule has 0 unspecified atom stereocenters. The van der Waals surface area contributed by atoms with Crippen LogP contribution in [0.25, 0.3) is 0 Å². The molecule has 2 fully saturated rings. The lowest BCUT2D eigenvalue weighted by Gasteiger charge is -2.55. The number of piperidine rings is 1. The minimum Gasteiger partial charge on any atom is -0.496 e. The summed E-state index contributed by atoms with van der Waals surface area (Å²) in [4.78, 5) is 26.8. The number of amides is 1. The van der Waals surface area contributed by atoms with Gasteiger partial charge in [0, 0.05) is 36.4 Å². The largest absolute Gasteiger partial charge is 0.496 e. The molecule has 0 aromatic heterocycles. The molecule has 2 aromatic carbocycles. The second-order valence-electron chi connectivity index (χ2n) is 10.4. The molecular formula is C28H33NO6. The van der Waals surface area contributed by atoms with Gasteiger partial charge in [0.25, 0.3) is 5.91 Å². The Morgan fingerprint density at radius 3 is 2.74 bits per heavy atom. The van der Waals surface area contributed by atoms with Gasteiger partial charge in [0.15, 0.2) is 0 Å². The lowest BCUT2D eigenvalue weighted by molar-refractivity contribution is -0.181. The standard InChI is InChI=1S/C28H33NO6/c1-27(14-12-24(30)31)21-16-28(18-34-25(21)19-8-3-6-11-23(19)35-27)13-7-15-29(17-28)26(32)20-9-4-5-10-22(20)33-2/h3-6,8-11,21,25H,7,12-18H2,1-2H3,(H,30,31)/t21-,25+,27-,28-/m1/s1. The van der Waals surface area contributed by atoms with Crippen molar-refractivity contribution < 1.29 is 28.9 Å². The second-order valence-corrected chi connectivity index (χ2v) is 10.4. The number of carboxylic acids is 1. The molecule has 7 heteroatoms. The van der Waals surface area contributed by atoms with Gasteiger partial charge in [-0.15, -0.1) is 0 Å². The molecule has 0 saturated carbocycles. The van der Waals surface area contributed by atoms with Crippen LogP contribution in [-0.2, 0) is 9.53 Å². The zero-order valence-electron chi connectivity index (χ0n) is 20.4. The van der Waals surface area contributed by atoms with E-state index in [2.05, 4.69) is 0 Å². The molecule has 186 valence electrons. The van der Waals surface area contributed by atoms with Crippen LogP contribution in [0.2, 0.25) is 0 Å². The Balaban J connectivity index is 1.42. The molecule has 7 nitrogen and oxygen atoms in total. The van der Waals surface area contributed by atoms with E-state index < -0.39 is 11.6 Å². The van der Waals surface area contributed by atoms with E-state index in [1.54, 1.807) is 7.11 Å². The highest BCUT2D eigenvalue weighted by atomic mass is 16.5. The van der Waals surface area contributed by atoms with Crippen LogP contribution < -0.4 is 9.47 Å². The fraction of sp³-hybridized carbons (Fsp3) is 0.500. The van der Waals surface area contributed by atoms with Crippen molar-refractivity contribution in [2.45, 2.75) is 50.7 Å². The molecule has 2 aromatic rings. The summed E-state index contributed by atoms with van der Waals surface area (Å²) >= 11 is 0. The maximum Gasteiger partial charge on any atom is 0.303 e. The van der Waals surface area contributed by atoms with Crippen LogP contribution >= 0.6 is 0 Å². The van der Waals surface area contributed by atoms with Gasteiger partial charge in [-0.05, 0) is 50.8 Å². The zero-order valence-corrected chi connectivity index (χ0v) is 20.4. The number of hydrogen-bond donors (Lipinski definition) is 1. The Bertz CT molecular complexity index is 1120. The highest BCUT2D eigenvalue weighted by Gasteiger charge is 2.55. The number of aliphatic carboxylic acids is 1. The van der Waals surface area contributed by atoms with E-state index in [0.29, 0.717) is 37.4 Å². The quantitative estimate of drug-likeness (QED) is 0.669. The van der Waals surface area contributed by atoms with Crippen LogP contribution in [0.4, 0.5) is 0 Å². The van der Waals surface area contributed by atoms with Crippen molar-refractivity contribution >= 4 is 11.9 Å². The van der Waals surface area contributed by atoms with Crippen LogP contribution in [0.3, 0.4) is 0 Å². The molecule has 1 N–H and O–H groups in total. The minimum absolute atomic E-state index is 0.00758. The maximum atomic E-state index is 13.5. The van der Waals surface area contributed by atoms with Gasteiger partial charge < -0.3 is 24.2 Å². The van der Waals surface area contributed by atoms with Crippen molar-refractivity contribution in [3.8, 4) is 11.5 Å². The molecular weight excluding hydrogens is 446 g/mol. The number of nitrogens with zero attached hydrogens (tertiary/aromatic N) is 1. The predicted molar refractivity (Wildman–Crippen MR) is 130 cm³/mol. The van der Waals surface area contributed by atoms with Crippen molar-refractivity contribution in [3.05, 3.63) is 59.7 Å². The van der Waals surface area contributed by atoms with Gasteiger partial charge in [0.05, 0.1) is 25.4 Å². The molecule has 1 amide bonds. The number of methoxy groups -OCH3 is 1. The number of likely N-dealkylation sites (tertiary alicyclic amines) is 1. The van der Waals surface area contributed by atoms with Gasteiger partial charge in [-0.25, -0.2) is 0 Å². The maximum absolute atomic E-state index is 13.5. The fourth-order valence-electron chi connectivity index (χ4n) is 6.24. The molecule has 3 heterocycles. The first-order valence-corrected chi connectivity index (χ1v) is 12.4. The molecule has 3 aliphatic heterocycles. The van der Waals surface area contributed by atoms with E-state index >= 15 is 0 Å². The van der Waals surface area contributed by atoms with Crippen molar-refractivity contribution in [1.29, 1.82) is 0 Å². The Morgan fingerprint density at radius 2 is 1.94 bits per heavy atom. The molecule has 35 heavy (non-hydrogen) atoms. The van der Waals surface area contributed by atoms with Gasteiger partial charge in [0.2, 0.25) is 0 Å². The smallest absolute Gasteiger partial charge is 0.303 e. The molecule has 0 bridgehead atoms. The van der Waals surface area contributed by atoms with E-state index in [0.717, 1.165) is 30.6 Å². The van der Waals surface area contributed by atoms with Crippen LogP contribution in [0.5, 0.6) is 11.5 Å². The first kappa shape index (κ1) is 23.7. The van der Waals surface area contributed by atoms with Crippen molar-refractivity contribution in [3.63, 3.8) is 0 Å². The predicted octanol–water partition coefficient (Wildman–Crippen LogP) is 4.71. The third-order valence-electron chi connectivity index (χ3n) is 8.06. The molecule has 1 spiro atoms. The third kappa shape index (κ3) is 4.38. The first-order chi connectivity index (χ1) is 16.8. The van der Waals surface area contributed by atoms with E-state index in [-0.39, 0.29) is 29.8 Å². The van der Waals surface area contributed by atoms with Crippen LogP contribution in [0.15, 0.2) is 48.5 Å². The topological polar surface area (TPSA) is 85.3 Å². The van der Waals surface area contributed by atoms with Gasteiger partial charge in [-0.1, -0.05) is 30.3 Å². The molecule has 5 rings (SSSR count). The number of carbonyl (C=O) groups excluding carboxylic acids is 1. The number of para-hydroxylation sites is 2. The Labute approximate surface area is 206 Å². The van der Waals surface area contributed by atoms with E-state index in [4.69, 9.17) is 14.2 Å². The highest BCUT2D eigenvalue weighted by Crippen LogP contribution is 2.56. The van der Waals surface area contributed by atoms with E-state index in [9.17, 15) is 14.7 Å². The average Bonchev–Trinajstić information content (AvgIpc) is 2.87. The van der Waals surface area contributed by atoms with Gasteiger partial charge in [-0.2, -0.15) is 0 Å². The lowest BCUT2D eigenvalue weighted by Crippen LogP contribution is -2.57. The van der Waals surface area contributed by atoms with E-state index in [1.807, 2.05) is 60.4 Å². The van der Waals surface area contributed by atoms with Gasteiger partial charge in [0.1, 0.15) is 17.1 Å². The summed E-state index contributed by atoms with van der Waals surface area (Å²) < 4.78 is 18.5. The Morgan fingerprint density at radius 1 is 1.17 bits per heavy atom. The fourth-order valence-corrected chi connectivity index (χ4v) is 6.24.